The number of aryl methyl sites for hydroxylation is 1. The lowest BCUT2D eigenvalue weighted by Gasteiger charge is -2.10. The third-order valence-electron chi connectivity index (χ3n) is 2.95. The molecule has 0 spiro atoms. The van der Waals surface area contributed by atoms with Crippen LogP contribution < -0.4 is 10.1 Å². The molecule has 1 aromatic heterocycles. The van der Waals surface area contributed by atoms with Crippen molar-refractivity contribution in [3.63, 3.8) is 0 Å². The van der Waals surface area contributed by atoms with E-state index >= 15 is 0 Å². The number of carbonyl (C=O) groups excluding carboxylic acids is 1. The van der Waals surface area contributed by atoms with Gasteiger partial charge in [-0.15, -0.1) is 0 Å². The van der Waals surface area contributed by atoms with Gasteiger partial charge in [0, 0.05) is 18.4 Å². The van der Waals surface area contributed by atoms with Gasteiger partial charge in [0.05, 0.1) is 5.56 Å². The molecule has 122 valence electrons. The van der Waals surface area contributed by atoms with Gasteiger partial charge < -0.3 is 10.1 Å². The molecule has 0 radical (unpaired) electrons. The zero-order chi connectivity index (χ0) is 16.9. The van der Waals surface area contributed by atoms with Crippen LogP contribution in [0.25, 0.3) is 0 Å². The standard InChI is InChI=1S/C16H15F3N2O2/c1-11-2-5-13(9-20-11)15(22)21-8-12-3-6-14(7-4-12)23-10-16(17,18)19/h2-7,9H,8,10H2,1H3,(H,21,22). The van der Waals surface area contributed by atoms with Gasteiger partial charge in [0.2, 0.25) is 0 Å². The molecule has 1 amide bonds. The van der Waals surface area contributed by atoms with Crippen LogP contribution in [0.1, 0.15) is 21.6 Å². The van der Waals surface area contributed by atoms with Gasteiger partial charge in [-0.05, 0) is 36.8 Å². The van der Waals surface area contributed by atoms with Crippen molar-refractivity contribution >= 4 is 5.91 Å². The van der Waals surface area contributed by atoms with Gasteiger partial charge in [0.1, 0.15) is 5.75 Å². The van der Waals surface area contributed by atoms with Crippen molar-refractivity contribution in [1.82, 2.24) is 10.3 Å². The minimum Gasteiger partial charge on any atom is -0.484 e. The maximum absolute atomic E-state index is 12.0. The SMILES string of the molecule is Cc1ccc(C(=O)NCc2ccc(OCC(F)(F)F)cc2)cn1. The molecule has 0 aliphatic carbocycles. The van der Waals surface area contributed by atoms with Gasteiger partial charge in [-0.25, -0.2) is 0 Å². The quantitative estimate of drug-likeness (QED) is 0.918. The van der Waals surface area contributed by atoms with Gasteiger partial charge in [0.15, 0.2) is 6.61 Å². The summed E-state index contributed by atoms with van der Waals surface area (Å²) in [7, 11) is 0. The maximum Gasteiger partial charge on any atom is 0.422 e. The monoisotopic (exact) mass is 324 g/mol. The highest BCUT2D eigenvalue weighted by Gasteiger charge is 2.28. The lowest BCUT2D eigenvalue weighted by Crippen LogP contribution is -2.23. The number of rotatable bonds is 5. The largest absolute Gasteiger partial charge is 0.484 e. The van der Waals surface area contributed by atoms with Crippen molar-refractivity contribution in [3.05, 3.63) is 59.4 Å². The van der Waals surface area contributed by atoms with E-state index in [9.17, 15) is 18.0 Å². The second-order valence-electron chi connectivity index (χ2n) is 4.92. The molecule has 1 N–H and O–H groups in total. The molecular weight excluding hydrogens is 309 g/mol. The van der Waals surface area contributed by atoms with E-state index in [0.29, 0.717) is 5.56 Å². The average Bonchev–Trinajstić information content (AvgIpc) is 2.51. The van der Waals surface area contributed by atoms with Gasteiger partial charge >= 0.3 is 6.18 Å². The number of hydrogen-bond acceptors (Lipinski definition) is 3. The Hall–Kier alpha value is -2.57. The van der Waals surface area contributed by atoms with Gasteiger partial charge in [0.25, 0.3) is 5.91 Å². The van der Waals surface area contributed by atoms with Crippen LogP contribution in [-0.4, -0.2) is 23.7 Å². The summed E-state index contributed by atoms with van der Waals surface area (Å²) >= 11 is 0. The lowest BCUT2D eigenvalue weighted by atomic mass is 10.2. The smallest absolute Gasteiger partial charge is 0.422 e. The molecule has 0 saturated heterocycles. The fraction of sp³-hybridized carbons (Fsp3) is 0.250. The highest BCUT2D eigenvalue weighted by molar-refractivity contribution is 5.93. The molecule has 0 aliphatic rings. The molecule has 1 aromatic carbocycles. The van der Waals surface area contributed by atoms with Crippen LogP contribution in [0.3, 0.4) is 0 Å². The number of ether oxygens (including phenoxy) is 1. The van der Waals surface area contributed by atoms with Crippen LogP contribution in [0.2, 0.25) is 0 Å². The fourth-order valence-electron chi connectivity index (χ4n) is 1.76. The molecule has 0 atom stereocenters. The number of carbonyl (C=O) groups is 1. The first-order valence-electron chi connectivity index (χ1n) is 6.83. The molecule has 1 heterocycles. The van der Waals surface area contributed by atoms with Crippen molar-refractivity contribution in [2.75, 3.05) is 6.61 Å². The summed E-state index contributed by atoms with van der Waals surface area (Å²) in [5.74, 6) is -0.143. The van der Waals surface area contributed by atoms with Crippen molar-refractivity contribution in [2.24, 2.45) is 0 Å². The van der Waals surface area contributed by atoms with Crippen LogP contribution >= 0.6 is 0 Å². The first kappa shape index (κ1) is 16.8. The van der Waals surface area contributed by atoms with E-state index in [2.05, 4.69) is 15.0 Å². The fourth-order valence-corrected chi connectivity index (χ4v) is 1.76. The number of alkyl halides is 3. The summed E-state index contributed by atoms with van der Waals surface area (Å²) < 4.78 is 40.7. The first-order chi connectivity index (χ1) is 10.8. The van der Waals surface area contributed by atoms with Crippen LogP contribution in [0.15, 0.2) is 42.6 Å². The second kappa shape index (κ2) is 7.13. The number of halogens is 3. The Balaban J connectivity index is 1.86. The number of hydrogen-bond donors (Lipinski definition) is 1. The molecular formula is C16H15F3N2O2. The van der Waals surface area contributed by atoms with Gasteiger partial charge in [-0.3, -0.25) is 9.78 Å². The van der Waals surface area contributed by atoms with Crippen LogP contribution in [0.5, 0.6) is 5.75 Å². The van der Waals surface area contributed by atoms with Crippen molar-refractivity contribution < 1.29 is 22.7 Å². The predicted octanol–water partition coefficient (Wildman–Crippen LogP) is 3.26. The number of pyridine rings is 1. The summed E-state index contributed by atoms with van der Waals surface area (Å²) in [4.78, 5) is 15.9. The highest BCUT2D eigenvalue weighted by atomic mass is 19.4. The Morgan fingerprint density at radius 2 is 1.87 bits per heavy atom. The van der Waals surface area contributed by atoms with Crippen LogP contribution in [-0.2, 0) is 6.54 Å². The molecule has 0 bridgehead atoms. The maximum atomic E-state index is 12.0. The summed E-state index contributed by atoms with van der Waals surface area (Å²) in [6.07, 6.45) is -2.88. The zero-order valence-corrected chi connectivity index (χ0v) is 12.4. The van der Waals surface area contributed by atoms with Crippen molar-refractivity contribution in [2.45, 2.75) is 19.6 Å². The summed E-state index contributed by atoms with van der Waals surface area (Å²) in [5.41, 5.74) is 2.01. The Labute approximate surface area is 131 Å². The number of amides is 1. The lowest BCUT2D eigenvalue weighted by molar-refractivity contribution is -0.153. The Morgan fingerprint density at radius 1 is 1.17 bits per heavy atom. The summed E-state index contributed by atoms with van der Waals surface area (Å²) in [6.45, 7) is 0.750. The molecule has 2 aromatic rings. The second-order valence-corrected chi connectivity index (χ2v) is 4.92. The van der Waals surface area contributed by atoms with Crippen LogP contribution in [0, 0.1) is 6.92 Å². The van der Waals surface area contributed by atoms with Gasteiger partial charge in [-0.2, -0.15) is 13.2 Å². The molecule has 4 nitrogen and oxygen atoms in total. The minimum atomic E-state index is -4.37. The van der Waals surface area contributed by atoms with E-state index < -0.39 is 12.8 Å². The predicted molar refractivity (Wildman–Crippen MR) is 78.1 cm³/mol. The summed E-state index contributed by atoms with van der Waals surface area (Å²) in [6, 6.07) is 9.47. The first-order valence-corrected chi connectivity index (χ1v) is 6.83. The van der Waals surface area contributed by atoms with Crippen molar-refractivity contribution in [1.29, 1.82) is 0 Å². The third kappa shape index (κ3) is 5.61. The molecule has 7 heteroatoms. The molecule has 0 unspecified atom stereocenters. The third-order valence-corrected chi connectivity index (χ3v) is 2.95. The summed E-state index contributed by atoms with van der Waals surface area (Å²) in [5, 5.41) is 2.71. The Bertz CT molecular complexity index is 653. The zero-order valence-electron chi connectivity index (χ0n) is 12.4. The molecule has 0 fully saturated rings. The molecule has 0 saturated carbocycles. The highest BCUT2D eigenvalue weighted by Crippen LogP contribution is 2.18. The number of aromatic nitrogens is 1. The van der Waals surface area contributed by atoms with Gasteiger partial charge in [-0.1, -0.05) is 12.1 Å². The molecule has 23 heavy (non-hydrogen) atoms. The molecule has 2 rings (SSSR count). The van der Waals surface area contributed by atoms with E-state index in [4.69, 9.17) is 0 Å². The van der Waals surface area contributed by atoms with E-state index in [0.717, 1.165) is 11.3 Å². The number of benzene rings is 1. The number of nitrogens with one attached hydrogen (secondary N) is 1. The van der Waals surface area contributed by atoms with E-state index in [1.54, 1.807) is 24.3 Å². The van der Waals surface area contributed by atoms with Crippen LogP contribution in [0.4, 0.5) is 13.2 Å². The van der Waals surface area contributed by atoms with E-state index in [-0.39, 0.29) is 18.2 Å². The topological polar surface area (TPSA) is 51.2 Å². The number of nitrogens with zero attached hydrogens (tertiary/aromatic N) is 1. The van der Waals surface area contributed by atoms with Crippen molar-refractivity contribution in [3.8, 4) is 5.75 Å². The Morgan fingerprint density at radius 3 is 2.43 bits per heavy atom. The Kier molecular flexibility index (Phi) is 5.20. The molecule has 0 aliphatic heterocycles. The van der Waals surface area contributed by atoms with E-state index in [1.807, 2.05) is 6.92 Å². The minimum absolute atomic E-state index is 0.125. The average molecular weight is 324 g/mol. The normalized spacial score (nSPS) is 11.1. The van der Waals surface area contributed by atoms with E-state index in [1.165, 1.54) is 18.3 Å².